The van der Waals surface area contributed by atoms with Gasteiger partial charge in [-0.25, -0.2) is 4.39 Å². The lowest BCUT2D eigenvalue weighted by Crippen LogP contribution is -2.08. The van der Waals surface area contributed by atoms with Crippen LogP contribution in [0.1, 0.15) is 15.9 Å². The number of hydrogen-bond donors (Lipinski definition) is 0. The van der Waals surface area contributed by atoms with Gasteiger partial charge < -0.3 is 4.74 Å². The Morgan fingerprint density at radius 2 is 1.81 bits per heavy atom. The van der Waals surface area contributed by atoms with Gasteiger partial charge in [0.1, 0.15) is 23.6 Å². The predicted molar refractivity (Wildman–Crippen MR) is 68.3 cm³/mol. The number of carbonyl (C=O) groups is 1. The molecular weight excluding hydrogens is 312 g/mol. The maximum Gasteiger partial charge on any atom is 0.420 e. The Kier molecular flexibility index (Phi) is 4.18. The van der Waals surface area contributed by atoms with Gasteiger partial charge in [0, 0.05) is 11.6 Å². The summed E-state index contributed by atoms with van der Waals surface area (Å²) in [5.74, 6) is -1.48. The smallest absolute Gasteiger partial charge is 0.420 e. The number of rotatable bonds is 3. The van der Waals surface area contributed by atoms with Gasteiger partial charge in [0.25, 0.3) is 0 Å². The molecule has 0 fully saturated rings. The molecule has 0 aliphatic heterocycles. The molecule has 110 valence electrons. The number of ether oxygens (including phenoxy) is 1. The molecule has 7 heteroatoms. The van der Waals surface area contributed by atoms with Crippen LogP contribution in [0.3, 0.4) is 0 Å². The Morgan fingerprint density at radius 1 is 1.10 bits per heavy atom. The van der Waals surface area contributed by atoms with Crippen LogP contribution in [0, 0.1) is 5.82 Å². The Hall–Kier alpha value is -2.08. The van der Waals surface area contributed by atoms with Gasteiger partial charge in [0.2, 0.25) is 0 Å². The second-order valence-corrected chi connectivity index (χ2v) is 4.46. The molecule has 0 saturated heterocycles. The molecule has 0 unspecified atom stereocenters. The zero-order valence-corrected chi connectivity index (χ0v) is 11.0. The monoisotopic (exact) mass is 318 g/mol. The predicted octanol–water partition coefficient (Wildman–Crippen LogP) is 5.10. The summed E-state index contributed by atoms with van der Waals surface area (Å²) in [7, 11) is 0. The molecule has 2 aromatic carbocycles. The molecule has 0 aliphatic rings. The molecule has 0 bridgehead atoms. The van der Waals surface area contributed by atoms with Crippen molar-refractivity contribution in [3.63, 3.8) is 0 Å². The molecule has 0 aliphatic carbocycles. The van der Waals surface area contributed by atoms with Crippen LogP contribution in [0.15, 0.2) is 36.4 Å². The second kappa shape index (κ2) is 5.73. The van der Waals surface area contributed by atoms with Gasteiger partial charge >= 0.3 is 6.18 Å². The Labute approximate surface area is 121 Å². The van der Waals surface area contributed by atoms with Crippen LogP contribution in [-0.2, 0) is 6.18 Å². The van der Waals surface area contributed by atoms with E-state index in [2.05, 4.69) is 0 Å². The second-order valence-electron chi connectivity index (χ2n) is 4.05. The summed E-state index contributed by atoms with van der Waals surface area (Å²) in [6, 6.07) is 6.10. The fourth-order valence-electron chi connectivity index (χ4n) is 1.60. The normalized spacial score (nSPS) is 11.3. The van der Waals surface area contributed by atoms with Crippen LogP contribution in [0.2, 0.25) is 5.02 Å². The summed E-state index contributed by atoms with van der Waals surface area (Å²) < 4.78 is 57.1. The van der Waals surface area contributed by atoms with Gasteiger partial charge in [0.15, 0.2) is 0 Å². The average Bonchev–Trinajstić information content (AvgIpc) is 2.42. The third-order valence-electron chi connectivity index (χ3n) is 2.56. The highest BCUT2D eigenvalue weighted by molar-refractivity contribution is 6.30. The maximum absolute atomic E-state index is 13.3. The van der Waals surface area contributed by atoms with Crippen molar-refractivity contribution in [1.29, 1.82) is 0 Å². The van der Waals surface area contributed by atoms with E-state index < -0.39 is 23.3 Å². The van der Waals surface area contributed by atoms with Crippen molar-refractivity contribution in [1.82, 2.24) is 0 Å². The first-order chi connectivity index (χ1) is 9.81. The minimum absolute atomic E-state index is 0.138. The summed E-state index contributed by atoms with van der Waals surface area (Å²) in [6.07, 6.45) is -4.42. The third-order valence-corrected chi connectivity index (χ3v) is 2.87. The SMILES string of the molecule is O=Cc1ccc(Oc2ccc(Cl)c(F)c2)c(C(F)(F)F)c1. The highest BCUT2D eigenvalue weighted by Gasteiger charge is 2.35. The highest BCUT2D eigenvalue weighted by Crippen LogP contribution is 2.38. The van der Waals surface area contributed by atoms with E-state index in [0.29, 0.717) is 12.4 Å². The van der Waals surface area contributed by atoms with Crippen LogP contribution < -0.4 is 4.74 Å². The molecule has 0 amide bonds. The summed E-state index contributed by atoms with van der Waals surface area (Å²) in [5, 5.41) is -0.172. The van der Waals surface area contributed by atoms with Crippen molar-refractivity contribution in [2.75, 3.05) is 0 Å². The summed E-state index contributed by atoms with van der Waals surface area (Å²) in [6.45, 7) is 0. The topological polar surface area (TPSA) is 26.3 Å². The molecule has 0 aromatic heterocycles. The molecule has 0 heterocycles. The number of alkyl halides is 3. The molecule has 21 heavy (non-hydrogen) atoms. The molecule has 2 rings (SSSR count). The van der Waals surface area contributed by atoms with Crippen molar-refractivity contribution in [3.8, 4) is 11.5 Å². The van der Waals surface area contributed by atoms with Crippen molar-refractivity contribution >= 4 is 17.9 Å². The molecule has 0 saturated carbocycles. The van der Waals surface area contributed by atoms with Crippen LogP contribution in [0.5, 0.6) is 11.5 Å². The first-order valence-electron chi connectivity index (χ1n) is 5.60. The Bertz CT molecular complexity index is 683. The fraction of sp³-hybridized carbons (Fsp3) is 0.0714. The molecule has 2 aromatic rings. The number of benzene rings is 2. The van der Waals surface area contributed by atoms with Crippen LogP contribution in [0.4, 0.5) is 17.6 Å². The lowest BCUT2D eigenvalue weighted by molar-refractivity contribution is -0.138. The van der Waals surface area contributed by atoms with Gasteiger partial charge in [-0.05, 0) is 30.3 Å². The quantitative estimate of drug-likeness (QED) is 0.581. The van der Waals surface area contributed by atoms with Crippen LogP contribution in [-0.4, -0.2) is 6.29 Å². The van der Waals surface area contributed by atoms with E-state index in [9.17, 15) is 22.4 Å². The Balaban J connectivity index is 2.43. The van der Waals surface area contributed by atoms with Crippen LogP contribution >= 0.6 is 11.6 Å². The maximum atomic E-state index is 13.3. The third kappa shape index (κ3) is 3.52. The summed E-state index contributed by atoms with van der Waals surface area (Å²) in [5.41, 5.74) is -1.26. The lowest BCUT2D eigenvalue weighted by Gasteiger charge is -2.14. The van der Waals surface area contributed by atoms with Crippen LogP contribution in [0.25, 0.3) is 0 Å². The molecule has 0 spiro atoms. The highest BCUT2D eigenvalue weighted by atomic mass is 35.5. The van der Waals surface area contributed by atoms with E-state index >= 15 is 0 Å². The van der Waals surface area contributed by atoms with Crippen molar-refractivity contribution in [3.05, 3.63) is 58.4 Å². The van der Waals surface area contributed by atoms with Gasteiger partial charge in [-0.1, -0.05) is 11.6 Å². The van der Waals surface area contributed by atoms with E-state index in [1.807, 2.05) is 0 Å². The van der Waals surface area contributed by atoms with Crippen molar-refractivity contribution < 1.29 is 27.1 Å². The van der Waals surface area contributed by atoms with Gasteiger partial charge in [-0.15, -0.1) is 0 Å². The Morgan fingerprint density at radius 3 is 2.38 bits per heavy atom. The molecule has 0 atom stereocenters. The summed E-state index contributed by atoms with van der Waals surface area (Å²) in [4.78, 5) is 10.6. The van der Waals surface area contributed by atoms with E-state index in [4.69, 9.17) is 16.3 Å². The number of aldehydes is 1. The number of carbonyl (C=O) groups excluding carboxylic acids is 1. The molecule has 0 radical (unpaired) electrons. The zero-order valence-electron chi connectivity index (χ0n) is 10.2. The number of hydrogen-bond acceptors (Lipinski definition) is 2. The minimum Gasteiger partial charge on any atom is -0.457 e. The van der Waals surface area contributed by atoms with Gasteiger partial charge in [0.05, 0.1) is 10.6 Å². The summed E-state index contributed by atoms with van der Waals surface area (Å²) >= 11 is 5.48. The lowest BCUT2D eigenvalue weighted by atomic mass is 10.1. The van der Waals surface area contributed by atoms with Gasteiger partial charge in [-0.2, -0.15) is 13.2 Å². The molecular formula is C14H7ClF4O2. The van der Waals surface area contributed by atoms with Gasteiger partial charge in [-0.3, -0.25) is 4.79 Å². The van der Waals surface area contributed by atoms with E-state index in [1.54, 1.807) is 0 Å². The first kappa shape index (κ1) is 15.3. The minimum atomic E-state index is -4.71. The first-order valence-corrected chi connectivity index (χ1v) is 5.98. The molecule has 2 nitrogen and oxygen atoms in total. The van der Waals surface area contributed by atoms with E-state index in [-0.39, 0.29) is 16.3 Å². The number of halogens is 5. The standard InChI is InChI=1S/C14H7ClF4O2/c15-11-3-2-9(6-12(11)16)21-13-4-1-8(7-20)5-10(13)14(17,18)19/h1-7H. The largest absolute Gasteiger partial charge is 0.457 e. The fourth-order valence-corrected chi connectivity index (χ4v) is 1.72. The van der Waals surface area contributed by atoms with Crippen molar-refractivity contribution in [2.24, 2.45) is 0 Å². The van der Waals surface area contributed by atoms with Crippen molar-refractivity contribution in [2.45, 2.75) is 6.18 Å². The average molecular weight is 319 g/mol. The zero-order chi connectivity index (χ0) is 15.6. The van der Waals surface area contributed by atoms with E-state index in [0.717, 1.165) is 12.1 Å². The molecule has 0 N–H and O–H groups in total. The van der Waals surface area contributed by atoms with E-state index in [1.165, 1.54) is 18.2 Å².